The van der Waals surface area contributed by atoms with Crippen molar-refractivity contribution in [3.63, 3.8) is 0 Å². The average Bonchev–Trinajstić information content (AvgIpc) is 2.93. The zero-order chi connectivity index (χ0) is 16.9. The molecule has 1 fully saturated rings. The summed E-state index contributed by atoms with van der Waals surface area (Å²) in [7, 11) is 0. The first kappa shape index (κ1) is 16.7. The Labute approximate surface area is 141 Å². The molecule has 2 heterocycles. The van der Waals surface area contributed by atoms with Gasteiger partial charge < -0.3 is 19.3 Å². The Kier molecular flexibility index (Phi) is 5.27. The minimum Gasteiger partial charge on any atom is -0.379 e. The summed E-state index contributed by atoms with van der Waals surface area (Å²) in [4.78, 5) is 12.5. The number of benzene rings is 1. The molecule has 2 aromatic rings. The van der Waals surface area contributed by atoms with Gasteiger partial charge in [-0.1, -0.05) is 35.5 Å². The highest BCUT2D eigenvalue weighted by molar-refractivity contribution is 5.96. The lowest BCUT2D eigenvalue weighted by Crippen LogP contribution is -2.50. The molecule has 3 rings (SSSR count). The van der Waals surface area contributed by atoms with Crippen LogP contribution in [0.2, 0.25) is 0 Å². The van der Waals surface area contributed by atoms with Crippen LogP contribution >= 0.6 is 0 Å². The summed E-state index contributed by atoms with van der Waals surface area (Å²) in [5.74, 6) is 0.352. The second kappa shape index (κ2) is 7.59. The van der Waals surface area contributed by atoms with Crippen molar-refractivity contribution < 1.29 is 18.8 Å². The van der Waals surface area contributed by atoms with Gasteiger partial charge in [0, 0.05) is 6.61 Å². The molecule has 1 saturated heterocycles. The van der Waals surface area contributed by atoms with Crippen molar-refractivity contribution in [3.8, 4) is 0 Å². The Balaban J connectivity index is 1.63. The van der Waals surface area contributed by atoms with Crippen LogP contribution in [-0.4, -0.2) is 36.4 Å². The predicted octanol–water partition coefficient (Wildman–Crippen LogP) is 2.40. The summed E-state index contributed by atoms with van der Waals surface area (Å²) in [6, 6.07) is 9.87. The number of hydrogen-bond donors (Lipinski definition) is 1. The van der Waals surface area contributed by atoms with Gasteiger partial charge in [0.1, 0.15) is 17.4 Å². The van der Waals surface area contributed by atoms with Crippen LogP contribution in [0.15, 0.2) is 34.9 Å². The Hall–Kier alpha value is -2.18. The highest BCUT2D eigenvalue weighted by Crippen LogP contribution is 2.17. The minimum absolute atomic E-state index is 0.0938. The predicted molar refractivity (Wildman–Crippen MR) is 87.7 cm³/mol. The normalized spacial score (nSPS) is 20.8. The van der Waals surface area contributed by atoms with Gasteiger partial charge in [-0.05, 0) is 25.8 Å². The van der Waals surface area contributed by atoms with Crippen LogP contribution in [0.25, 0.3) is 0 Å². The molecule has 2 unspecified atom stereocenters. The number of ether oxygens (including phenoxy) is 2. The molecule has 6 heteroatoms. The first-order valence-corrected chi connectivity index (χ1v) is 8.12. The summed E-state index contributed by atoms with van der Waals surface area (Å²) in [6.07, 6.45) is 0.539. The van der Waals surface area contributed by atoms with Crippen LogP contribution in [0.1, 0.15) is 33.8 Å². The molecule has 0 saturated carbocycles. The van der Waals surface area contributed by atoms with Crippen molar-refractivity contribution in [2.45, 2.75) is 39.0 Å². The quantitative estimate of drug-likeness (QED) is 0.911. The number of amides is 1. The van der Waals surface area contributed by atoms with E-state index in [1.54, 1.807) is 13.8 Å². The largest absolute Gasteiger partial charge is 0.379 e. The molecule has 1 amide bonds. The second-order valence-electron chi connectivity index (χ2n) is 5.98. The van der Waals surface area contributed by atoms with Crippen molar-refractivity contribution in [1.82, 2.24) is 10.5 Å². The number of nitrogens with one attached hydrogen (secondary N) is 1. The van der Waals surface area contributed by atoms with E-state index in [1.807, 2.05) is 30.3 Å². The molecule has 24 heavy (non-hydrogen) atoms. The molecule has 0 aliphatic carbocycles. The number of carbonyl (C=O) groups is 1. The van der Waals surface area contributed by atoms with E-state index >= 15 is 0 Å². The van der Waals surface area contributed by atoms with E-state index in [0.29, 0.717) is 43.3 Å². The molecule has 1 aromatic heterocycles. The van der Waals surface area contributed by atoms with Crippen molar-refractivity contribution >= 4 is 5.91 Å². The van der Waals surface area contributed by atoms with Gasteiger partial charge in [-0.3, -0.25) is 4.79 Å². The van der Waals surface area contributed by atoms with Gasteiger partial charge in [0.25, 0.3) is 5.91 Å². The van der Waals surface area contributed by atoms with Crippen molar-refractivity contribution in [1.29, 1.82) is 0 Å². The van der Waals surface area contributed by atoms with Gasteiger partial charge in [-0.2, -0.15) is 0 Å². The van der Waals surface area contributed by atoms with E-state index in [9.17, 15) is 4.79 Å². The third-order valence-corrected chi connectivity index (χ3v) is 4.19. The van der Waals surface area contributed by atoms with E-state index in [1.165, 1.54) is 0 Å². The van der Waals surface area contributed by atoms with E-state index in [0.717, 1.165) is 5.56 Å². The van der Waals surface area contributed by atoms with E-state index < -0.39 is 0 Å². The average molecular weight is 330 g/mol. The maximum Gasteiger partial charge on any atom is 0.257 e. The SMILES string of the molecule is Cc1noc(C)c1C(=O)NC1CCOCC1OCc1ccccc1. The van der Waals surface area contributed by atoms with Crippen LogP contribution in [0, 0.1) is 13.8 Å². The number of hydrogen-bond acceptors (Lipinski definition) is 5. The number of aromatic nitrogens is 1. The van der Waals surface area contributed by atoms with Crippen LogP contribution in [0.4, 0.5) is 0 Å². The molecule has 1 aliphatic heterocycles. The third kappa shape index (κ3) is 3.83. The van der Waals surface area contributed by atoms with Gasteiger partial charge in [0.2, 0.25) is 0 Å². The molecule has 6 nitrogen and oxygen atoms in total. The van der Waals surface area contributed by atoms with Crippen LogP contribution in [0.3, 0.4) is 0 Å². The number of carbonyl (C=O) groups excluding carboxylic acids is 1. The number of rotatable bonds is 5. The zero-order valence-corrected chi connectivity index (χ0v) is 14.0. The van der Waals surface area contributed by atoms with Crippen molar-refractivity contribution in [2.75, 3.05) is 13.2 Å². The lowest BCUT2D eigenvalue weighted by atomic mass is 10.0. The lowest BCUT2D eigenvalue weighted by Gasteiger charge is -2.32. The Morgan fingerprint density at radius 3 is 2.83 bits per heavy atom. The standard InChI is InChI=1S/C18H22N2O4/c1-12-17(13(2)24-20-12)18(21)19-15-8-9-22-11-16(15)23-10-14-6-4-3-5-7-14/h3-7,15-16H,8-11H2,1-2H3,(H,19,21). The summed E-state index contributed by atoms with van der Waals surface area (Å²) in [6.45, 7) is 5.07. The molecule has 1 aliphatic rings. The van der Waals surface area contributed by atoms with E-state index in [4.69, 9.17) is 14.0 Å². The fourth-order valence-electron chi connectivity index (χ4n) is 2.87. The van der Waals surface area contributed by atoms with Crippen molar-refractivity contribution in [3.05, 3.63) is 52.9 Å². The third-order valence-electron chi connectivity index (χ3n) is 4.19. The highest BCUT2D eigenvalue weighted by atomic mass is 16.5. The second-order valence-corrected chi connectivity index (χ2v) is 5.98. The van der Waals surface area contributed by atoms with Crippen LogP contribution in [0.5, 0.6) is 0 Å². The molecule has 0 radical (unpaired) electrons. The molecule has 128 valence electrons. The summed E-state index contributed by atoms with van der Waals surface area (Å²) in [5, 5.41) is 6.88. The summed E-state index contributed by atoms with van der Waals surface area (Å²) >= 11 is 0. The first-order valence-electron chi connectivity index (χ1n) is 8.12. The molecular formula is C18H22N2O4. The molecule has 2 atom stereocenters. The maximum atomic E-state index is 12.5. The Bertz CT molecular complexity index is 664. The van der Waals surface area contributed by atoms with E-state index in [-0.39, 0.29) is 18.1 Å². The number of nitrogens with zero attached hydrogens (tertiary/aromatic N) is 1. The molecule has 0 bridgehead atoms. The monoisotopic (exact) mass is 330 g/mol. The summed E-state index contributed by atoms with van der Waals surface area (Å²) in [5.41, 5.74) is 2.20. The highest BCUT2D eigenvalue weighted by Gasteiger charge is 2.30. The van der Waals surface area contributed by atoms with Gasteiger partial charge >= 0.3 is 0 Å². The van der Waals surface area contributed by atoms with Gasteiger partial charge in [0.05, 0.1) is 24.9 Å². The van der Waals surface area contributed by atoms with Crippen LogP contribution in [-0.2, 0) is 16.1 Å². The van der Waals surface area contributed by atoms with Gasteiger partial charge in [-0.25, -0.2) is 0 Å². The molecular weight excluding hydrogens is 308 g/mol. The topological polar surface area (TPSA) is 73.6 Å². The lowest BCUT2D eigenvalue weighted by molar-refractivity contribution is -0.0736. The van der Waals surface area contributed by atoms with Gasteiger partial charge in [-0.15, -0.1) is 0 Å². The van der Waals surface area contributed by atoms with Crippen LogP contribution < -0.4 is 5.32 Å². The van der Waals surface area contributed by atoms with E-state index in [2.05, 4.69) is 10.5 Å². The smallest absolute Gasteiger partial charge is 0.257 e. The van der Waals surface area contributed by atoms with Gasteiger partial charge in [0.15, 0.2) is 0 Å². The zero-order valence-electron chi connectivity index (χ0n) is 14.0. The number of aryl methyl sites for hydroxylation is 2. The Morgan fingerprint density at radius 1 is 1.33 bits per heavy atom. The maximum absolute atomic E-state index is 12.5. The summed E-state index contributed by atoms with van der Waals surface area (Å²) < 4.78 is 16.6. The van der Waals surface area contributed by atoms with Crippen molar-refractivity contribution in [2.24, 2.45) is 0 Å². The first-order chi connectivity index (χ1) is 11.6. The fraction of sp³-hybridized carbons (Fsp3) is 0.444. The minimum atomic E-state index is -0.177. The molecule has 1 aromatic carbocycles. The Morgan fingerprint density at radius 2 is 2.12 bits per heavy atom. The molecule has 1 N–H and O–H groups in total. The molecule has 0 spiro atoms. The fourth-order valence-corrected chi connectivity index (χ4v) is 2.87.